The Kier molecular flexibility index (Phi) is 6.05. The minimum Gasteiger partial charge on any atom is -0.379 e. The fourth-order valence-corrected chi connectivity index (χ4v) is 3.67. The maximum absolute atomic E-state index is 12.5. The second-order valence-corrected chi connectivity index (χ2v) is 7.71. The maximum atomic E-state index is 12.5. The number of nitrogens with zero attached hydrogens (tertiary/aromatic N) is 2. The van der Waals surface area contributed by atoms with E-state index in [1.54, 1.807) is 5.38 Å². The normalized spacial score (nSPS) is 20.5. The van der Waals surface area contributed by atoms with Crippen LogP contribution in [0.3, 0.4) is 0 Å². The zero-order chi connectivity index (χ0) is 18.7. The molecule has 26 heavy (non-hydrogen) atoms. The molecule has 3 rings (SSSR count). The van der Waals surface area contributed by atoms with Gasteiger partial charge in [-0.1, -0.05) is 19.0 Å². The highest BCUT2D eigenvalue weighted by Crippen LogP contribution is 2.21. The lowest BCUT2D eigenvalue weighted by molar-refractivity contribution is -0.0608. The van der Waals surface area contributed by atoms with E-state index in [9.17, 15) is 4.79 Å². The molecule has 0 saturated carbocycles. The molecule has 2 atom stereocenters. The van der Waals surface area contributed by atoms with Gasteiger partial charge in [0.2, 0.25) is 0 Å². The Labute approximate surface area is 157 Å². The molecule has 1 saturated heterocycles. The lowest BCUT2D eigenvalue weighted by Crippen LogP contribution is -2.50. The Morgan fingerprint density at radius 1 is 1.46 bits per heavy atom. The Morgan fingerprint density at radius 3 is 2.92 bits per heavy atom. The topological polar surface area (TPSA) is 86.5 Å². The van der Waals surface area contributed by atoms with Gasteiger partial charge in [0.25, 0.3) is 5.91 Å². The van der Waals surface area contributed by atoms with E-state index in [-0.39, 0.29) is 18.1 Å². The van der Waals surface area contributed by atoms with E-state index in [2.05, 4.69) is 29.3 Å². The van der Waals surface area contributed by atoms with E-state index in [1.807, 2.05) is 13.8 Å². The number of carbonyl (C=O) groups is 1. The zero-order valence-electron chi connectivity index (χ0n) is 15.6. The number of nitrogens with one attached hydrogen (secondary N) is 1. The molecule has 1 fully saturated rings. The molecule has 0 unspecified atom stereocenters. The smallest absolute Gasteiger partial charge is 0.271 e. The summed E-state index contributed by atoms with van der Waals surface area (Å²) in [5.74, 6) is 0.888. The average Bonchev–Trinajstić information content (AvgIpc) is 3.22. The molecule has 0 bridgehead atoms. The Hall–Kier alpha value is -1.77. The minimum absolute atomic E-state index is 0.121. The van der Waals surface area contributed by atoms with E-state index in [0.717, 1.165) is 28.4 Å². The predicted octanol–water partition coefficient (Wildman–Crippen LogP) is 2.98. The summed E-state index contributed by atoms with van der Waals surface area (Å²) in [6.45, 7) is 9.35. The van der Waals surface area contributed by atoms with Gasteiger partial charge < -0.3 is 19.3 Å². The summed E-state index contributed by atoms with van der Waals surface area (Å²) in [7, 11) is 0. The van der Waals surface area contributed by atoms with Crippen molar-refractivity contribution in [3.8, 4) is 0 Å². The number of carbonyl (C=O) groups excluding carboxylic acids is 1. The van der Waals surface area contributed by atoms with Crippen molar-refractivity contribution in [2.75, 3.05) is 13.2 Å². The van der Waals surface area contributed by atoms with E-state index >= 15 is 0 Å². The van der Waals surface area contributed by atoms with Crippen LogP contribution in [0.25, 0.3) is 0 Å². The van der Waals surface area contributed by atoms with Crippen LogP contribution in [-0.4, -0.2) is 41.4 Å². The van der Waals surface area contributed by atoms with E-state index in [4.69, 9.17) is 14.0 Å². The second-order valence-electron chi connectivity index (χ2n) is 6.82. The van der Waals surface area contributed by atoms with Crippen molar-refractivity contribution in [2.24, 2.45) is 0 Å². The highest BCUT2D eigenvalue weighted by Gasteiger charge is 2.29. The van der Waals surface area contributed by atoms with Gasteiger partial charge in [-0.15, -0.1) is 11.3 Å². The van der Waals surface area contributed by atoms with Gasteiger partial charge in [0.15, 0.2) is 0 Å². The number of hydrogen-bond donors (Lipinski definition) is 1. The summed E-state index contributed by atoms with van der Waals surface area (Å²) in [6, 6.07) is -0.207. The molecule has 2 aromatic heterocycles. The quantitative estimate of drug-likeness (QED) is 0.830. The minimum atomic E-state index is -0.207. The van der Waals surface area contributed by atoms with Crippen LogP contribution in [0.5, 0.6) is 0 Å². The molecular weight excluding hydrogens is 354 g/mol. The van der Waals surface area contributed by atoms with Crippen LogP contribution in [0.4, 0.5) is 0 Å². The first-order valence-corrected chi connectivity index (χ1v) is 9.71. The number of amides is 1. The van der Waals surface area contributed by atoms with Gasteiger partial charge in [0, 0.05) is 23.5 Å². The Bertz CT molecular complexity index is 736. The van der Waals surface area contributed by atoms with Gasteiger partial charge in [-0.3, -0.25) is 4.79 Å². The SMILES string of the molecule is Cc1noc(C)c1CO[C@H]1CCOC[C@H]1NC(=O)c1csc(C(C)C)n1. The monoisotopic (exact) mass is 379 g/mol. The Balaban J connectivity index is 1.62. The zero-order valence-corrected chi connectivity index (χ0v) is 16.4. The Morgan fingerprint density at radius 2 is 2.27 bits per heavy atom. The van der Waals surface area contributed by atoms with Crippen molar-refractivity contribution in [2.45, 2.75) is 58.8 Å². The van der Waals surface area contributed by atoms with Crippen LogP contribution in [0.1, 0.15) is 58.7 Å². The molecule has 3 heterocycles. The molecule has 1 amide bonds. The van der Waals surface area contributed by atoms with Gasteiger partial charge >= 0.3 is 0 Å². The predicted molar refractivity (Wildman–Crippen MR) is 97.4 cm³/mol. The number of thiazole rings is 1. The van der Waals surface area contributed by atoms with Crippen LogP contribution < -0.4 is 5.32 Å². The first-order valence-electron chi connectivity index (χ1n) is 8.83. The fourth-order valence-electron chi connectivity index (χ4n) is 2.85. The highest BCUT2D eigenvalue weighted by molar-refractivity contribution is 7.09. The standard InChI is InChI=1S/C18H25N3O4S/c1-10(2)18-20-15(9-26-18)17(22)19-14-8-23-6-5-16(14)24-7-13-11(3)21-25-12(13)4/h9-10,14,16H,5-8H2,1-4H3,(H,19,22)/t14-,16+/m1/s1. The maximum Gasteiger partial charge on any atom is 0.271 e. The van der Waals surface area contributed by atoms with Gasteiger partial charge in [0.05, 0.1) is 36.1 Å². The van der Waals surface area contributed by atoms with E-state index in [0.29, 0.717) is 31.4 Å². The third kappa shape index (κ3) is 4.31. The van der Waals surface area contributed by atoms with E-state index < -0.39 is 0 Å². The van der Waals surface area contributed by atoms with Crippen LogP contribution in [-0.2, 0) is 16.1 Å². The molecule has 2 aromatic rings. The molecule has 1 aliphatic rings. The summed E-state index contributed by atoms with van der Waals surface area (Å²) in [5, 5.41) is 9.72. The second kappa shape index (κ2) is 8.28. The molecule has 7 nitrogen and oxygen atoms in total. The van der Waals surface area contributed by atoms with Crippen molar-refractivity contribution in [1.29, 1.82) is 0 Å². The lowest BCUT2D eigenvalue weighted by atomic mass is 10.1. The molecule has 1 aliphatic heterocycles. The van der Waals surface area contributed by atoms with Gasteiger partial charge in [-0.25, -0.2) is 4.98 Å². The highest BCUT2D eigenvalue weighted by atomic mass is 32.1. The molecule has 142 valence electrons. The van der Waals surface area contributed by atoms with Crippen LogP contribution in [0, 0.1) is 13.8 Å². The summed E-state index contributed by atoms with van der Waals surface area (Å²) < 4.78 is 16.8. The number of aryl methyl sites for hydroxylation is 2. The molecular formula is C18H25N3O4S. The lowest BCUT2D eigenvalue weighted by Gasteiger charge is -2.31. The van der Waals surface area contributed by atoms with Gasteiger partial charge in [0.1, 0.15) is 11.5 Å². The molecule has 0 aromatic carbocycles. The van der Waals surface area contributed by atoms with Crippen molar-refractivity contribution < 1.29 is 18.8 Å². The first kappa shape index (κ1) is 19.0. The fraction of sp³-hybridized carbons (Fsp3) is 0.611. The van der Waals surface area contributed by atoms with Crippen LogP contribution >= 0.6 is 11.3 Å². The largest absolute Gasteiger partial charge is 0.379 e. The van der Waals surface area contributed by atoms with E-state index in [1.165, 1.54) is 11.3 Å². The summed E-state index contributed by atoms with van der Waals surface area (Å²) in [6.07, 6.45) is 0.604. The number of aromatic nitrogens is 2. The third-order valence-electron chi connectivity index (χ3n) is 4.48. The number of ether oxygens (including phenoxy) is 2. The molecule has 0 spiro atoms. The molecule has 8 heteroatoms. The van der Waals surface area contributed by atoms with Crippen molar-refractivity contribution >= 4 is 17.2 Å². The van der Waals surface area contributed by atoms with Crippen LogP contribution in [0.2, 0.25) is 0 Å². The van der Waals surface area contributed by atoms with Crippen molar-refractivity contribution in [3.63, 3.8) is 0 Å². The first-order chi connectivity index (χ1) is 12.5. The summed E-state index contributed by atoms with van der Waals surface area (Å²) >= 11 is 1.51. The van der Waals surface area contributed by atoms with Crippen molar-refractivity contribution in [3.05, 3.63) is 33.1 Å². The molecule has 1 N–H and O–H groups in total. The number of rotatable bonds is 6. The van der Waals surface area contributed by atoms with Gasteiger partial charge in [-0.05, 0) is 20.3 Å². The van der Waals surface area contributed by atoms with Crippen molar-refractivity contribution in [1.82, 2.24) is 15.5 Å². The average molecular weight is 379 g/mol. The third-order valence-corrected chi connectivity index (χ3v) is 5.63. The van der Waals surface area contributed by atoms with Crippen LogP contribution in [0.15, 0.2) is 9.90 Å². The summed E-state index contributed by atoms with van der Waals surface area (Å²) in [5.41, 5.74) is 2.25. The number of hydrogen-bond acceptors (Lipinski definition) is 7. The summed E-state index contributed by atoms with van der Waals surface area (Å²) in [4.78, 5) is 16.9. The molecule has 0 radical (unpaired) electrons. The van der Waals surface area contributed by atoms with Gasteiger partial charge in [-0.2, -0.15) is 0 Å². The molecule has 0 aliphatic carbocycles.